The van der Waals surface area contributed by atoms with Gasteiger partial charge in [-0.2, -0.15) is 0 Å². The second kappa shape index (κ2) is 5.72. The number of hydrogen-bond donors (Lipinski definition) is 0. The van der Waals surface area contributed by atoms with Gasteiger partial charge in [0.1, 0.15) is 0 Å². The van der Waals surface area contributed by atoms with Crippen LogP contribution in [0, 0.1) is 0 Å². The van der Waals surface area contributed by atoms with Crippen LogP contribution in [0.3, 0.4) is 0 Å². The Bertz CT molecular complexity index is 343. The van der Waals surface area contributed by atoms with Gasteiger partial charge in [0.15, 0.2) is 0 Å². The van der Waals surface area contributed by atoms with Crippen LogP contribution < -0.4 is 4.74 Å². The topological polar surface area (TPSA) is 9.23 Å². The monoisotopic (exact) mass is 450 g/mol. The summed E-state index contributed by atoms with van der Waals surface area (Å²) in [4.78, 5) is 15.5. The van der Waals surface area contributed by atoms with Crippen molar-refractivity contribution < 1.29 is 4.74 Å². The third kappa shape index (κ3) is 4.34. The van der Waals surface area contributed by atoms with Crippen LogP contribution in [0.4, 0.5) is 0 Å². The third-order valence-electron chi connectivity index (χ3n) is 3.18. The molecule has 1 nitrogen and oxygen atoms in total. The second-order valence-corrected chi connectivity index (χ2v) is 41.9. The molecule has 0 aliphatic rings. The summed E-state index contributed by atoms with van der Waals surface area (Å²) in [6.07, 6.45) is 0. The first kappa shape index (κ1) is 15.7. The van der Waals surface area contributed by atoms with Gasteiger partial charge < -0.3 is 0 Å². The molecule has 0 amide bonds. The minimum absolute atomic E-state index is 0.949. The van der Waals surface area contributed by atoms with E-state index in [1.807, 2.05) is 0 Å². The van der Waals surface area contributed by atoms with Crippen molar-refractivity contribution in [1.29, 1.82) is 0 Å². The van der Waals surface area contributed by atoms with E-state index in [1.54, 1.807) is 12.7 Å². The van der Waals surface area contributed by atoms with E-state index in [0.717, 1.165) is 7.70 Å². The molecule has 1 aromatic rings. The molecule has 17 heavy (non-hydrogen) atoms. The van der Waals surface area contributed by atoms with Crippen molar-refractivity contribution in [3.8, 4) is 5.75 Å². The quantitative estimate of drug-likeness (QED) is 0.616. The molecular formula is C14H26OSn2. The van der Waals surface area contributed by atoms with E-state index in [0.29, 0.717) is 0 Å². The van der Waals surface area contributed by atoms with Gasteiger partial charge in [-0.25, -0.2) is 0 Å². The van der Waals surface area contributed by atoms with Gasteiger partial charge in [0.25, 0.3) is 0 Å². The molecule has 1 aromatic carbocycles. The average Bonchev–Trinajstić information content (AvgIpc) is 2.14. The number of benzene rings is 1. The summed E-state index contributed by atoms with van der Waals surface area (Å²) in [5.74, 6) is 0.973. The molecule has 0 unspecified atom stereocenters. The first-order valence-corrected chi connectivity index (χ1v) is 26.7. The summed E-state index contributed by atoms with van der Waals surface area (Å²) in [5, 5.41) is 0. The molecule has 0 aromatic heterocycles. The summed E-state index contributed by atoms with van der Waals surface area (Å²) in [7, 11) is 1.73. The summed E-state index contributed by atoms with van der Waals surface area (Å²) >= 11 is -3.80. The molecule has 0 saturated heterocycles. The molecule has 0 heterocycles. The summed E-state index contributed by atoms with van der Waals surface area (Å²) in [6, 6.07) is 8.84. The van der Waals surface area contributed by atoms with Crippen LogP contribution in [0.25, 0.3) is 0 Å². The van der Waals surface area contributed by atoms with Gasteiger partial charge in [-0.1, -0.05) is 0 Å². The Morgan fingerprint density at radius 3 is 1.53 bits per heavy atom. The Morgan fingerprint density at radius 2 is 1.24 bits per heavy atom. The van der Waals surface area contributed by atoms with Crippen molar-refractivity contribution in [1.82, 2.24) is 0 Å². The number of rotatable bonds is 4. The fourth-order valence-electron chi connectivity index (χ4n) is 3.10. The molecule has 0 fully saturated rings. The van der Waals surface area contributed by atoms with E-state index in [-0.39, 0.29) is 0 Å². The van der Waals surface area contributed by atoms with Gasteiger partial charge in [0.05, 0.1) is 0 Å². The number of ether oxygens (including phenoxy) is 1. The summed E-state index contributed by atoms with van der Waals surface area (Å²) in [6.45, 7) is 0. The predicted octanol–water partition coefficient (Wildman–Crippen LogP) is 4.53. The third-order valence-corrected chi connectivity index (χ3v) is 48.1. The molecule has 0 atom stereocenters. The number of hydrogen-bond acceptors (Lipinski definition) is 1. The zero-order chi connectivity index (χ0) is 13.3. The Balaban J connectivity index is 3.14. The Morgan fingerprint density at radius 1 is 0.824 bits per heavy atom. The van der Waals surface area contributed by atoms with Gasteiger partial charge in [-0.3, -0.25) is 0 Å². The molecule has 0 saturated carbocycles. The van der Waals surface area contributed by atoms with E-state index in [9.17, 15) is 0 Å². The fraction of sp³-hybridized carbons (Fsp3) is 0.571. The Kier molecular flexibility index (Phi) is 5.27. The minimum atomic E-state index is -1.90. The molecule has 0 N–H and O–H groups in total. The zero-order valence-corrected chi connectivity index (χ0v) is 18.0. The second-order valence-electron chi connectivity index (χ2n) is 6.94. The van der Waals surface area contributed by atoms with Gasteiger partial charge in [-0.05, 0) is 0 Å². The maximum absolute atomic E-state index is 5.25. The van der Waals surface area contributed by atoms with Gasteiger partial charge in [-0.15, -0.1) is 0 Å². The van der Waals surface area contributed by atoms with Crippen LogP contribution in [0.2, 0.25) is 29.6 Å². The first-order valence-electron chi connectivity index (χ1n) is 6.30. The summed E-state index contributed by atoms with van der Waals surface area (Å²) in [5.41, 5.74) is 1.58. The standard InChI is InChI=1S/C8H8O.6CH3.2Sn/c1-7-3-5-8(9-2)6-4-7;;;;;;;;/h1,3-6H,2H3;6*1H3;;. The van der Waals surface area contributed by atoms with Crippen LogP contribution in [0.1, 0.15) is 7.51 Å². The van der Waals surface area contributed by atoms with Gasteiger partial charge in [0.2, 0.25) is 0 Å². The van der Waals surface area contributed by atoms with Crippen molar-refractivity contribution in [2.75, 3.05) is 7.11 Å². The normalized spacial score (nSPS) is 12.9. The van der Waals surface area contributed by atoms with Crippen molar-refractivity contribution in [3.05, 3.63) is 29.8 Å². The van der Waals surface area contributed by atoms with Crippen LogP contribution in [-0.2, 0) is 0 Å². The van der Waals surface area contributed by atoms with E-state index in [4.69, 9.17) is 4.74 Å². The molecule has 0 bridgehead atoms. The Hall–Kier alpha value is 0.617. The summed E-state index contributed by atoms with van der Waals surface area (Å²) < 4.78 is 6.20. The first-order chi connectivity index (χ1) is 7.66. The SMILES string of the molecule is COc1ccc([CH]([Sn]([CH3])([CH3])[CH3])[Sn]([CH3])([CH3])[CH3])cc1. The van der Waals surface area contributed by atoms with E-state index >= 15 is 0 Å². The molecule has 1 rings (SSSR count). The van der Waals surface area contributed by atoms with Crippen LogP contribution in [0.15, 0.2) is 24.3 Å². The van der Waals surface area contributed by atoms with Crippen molar-refractivity contribution in [2.45, 2.75) is 31.6 Å². The maximum atomic E-state index is 5.25. The molecule has 0 spiro atoms. The van der Waals surface area contributed by atoms with Crippen LogP contribution in [-0.4, -0.2) is 43.9 Å². The average molecular weight is 448 g/mol. The van der Waals surface area contributed by atoms with Crippen LogP contribution in [0.5, 0.6) is 5.75 Å². The molecule has 0 aliphatic carbocycles. The molecule has 0 aliphatic heterocycles. The van der Waals surface area contributed by atoms with Crippen molar-refractivity contribution in [3.63, 3.8) is 0 Å². The molecular weight excluding hydrogens is 422 g/mol. The van der Waals surface area contributed by atoms with Crippen molar-refractivity contribution in [2.24, 2.45) is 0 Å². The zero-order valence-electron chi connectivity index (χ0n) is 12.3. The molecule has 0 radical (unpaired) electrons. The van der Waals surface area contributed by atoms with Crippen molar-refractivity contribution >= 4 is 36.8 Å². The number of methoxy groups -OCH3 is 1. The van der Waals surface area contributed by atoms with E-state index < -0.39 is 36.8 Å². The molecule has 96 valence electrons. The Labute approximate surface area is 115 Å². The van der Waals surface area contributed by atoms with Gasteiger partial charge >= 0.3 is 116 Å². The predicted molar refractivity (Wildman–Crippen MR) is 82.4 cm³/mol. The van der Waals surface area contributed by atoms with Gasteiger partial charge in [0, 0.05) is 0 Å². The fourth-order valence-corrected chi connectivity index (χ4v) is 67.1. The molecule has 3 heteroatoms. The van der Waals surface area contributed by atoms with E-state index in [2.05, 4.69) is 53.9 Å². The van der Waals surface area contributed by atoms with Crippen LogP contribution >= 0.6 is 0 Å². The van der Waals surface area contributed by atoms with E-state index in [1.165, 1.54) is 0 Å².